The summed E-state index contributed by atoms with van der Waals surface area (Å²) in [4.78, 5) is 14.1. The van der Waals surface area contributed by atoms with E-state index in [9.17, 15) is 13.2 Å². The quantitative estimate of drug-likeness (QED) is 0.552. The third kappa shape index (κ3) is 4.52. The van der Waals surface area contributed by atoms with Crippen LogP contribution in [-0.2, 0) is 10.0 Å². The predicted octanol–water partition coefficient (Wildman–Crippen LogP) is 4.67. The summed E-state index contributed by atoms with van der Waals surface area (Å²) in [5, 5.41) is 0.116. The van der Waals surface area contributed by atoms with Gasteiger partial charge in [-0.2, -0.15) is 4.31 Å². The van der Waals surface area contributed by atoms with Crippen molar-refractivity contribution >= 4 is 71.0 Å². The van der Waals surface area contributed by atoms with Crippen LogP contribution in [0.4, 0.5) is 0 Å². The lowest BCUT2D eigenvalue weighted by Crippen LogP contribution is -2.50. The van der Waals surface area contributed by atoms with Gasteiger partial charge in [-0.05, 0) is 36.4 Å². The second kappa shape index (κ2) is 8.39. The molecule has 1 aliphatic heterocycles. The standard InChI is InChI=1S/C17H14Br2Cl2N2O3S/c18-12-3-1-11(2-4-12)17(24)22-5-7-23(8-6-22)27(25,26)16-14(20)9-13(19)10-15(16)21/h1-4,9-10H,5-8H2. The van der Waals surface area contributed by atoms with E-state index in [0.717, 1.165) is 4.47 Å². The maximum Gasteiger partial charge on any atom is 0.253 e. The Labute approximate surface area is 184 Å². The third-order valence-electron chi connectivity index (χ3n) is 4.18. The molecule has 0 N–H and O–H groups in total. The van der Waals surface area contributed by atoms with E-state index in [1.54, 1.807) is 29.2 Å². The molecule has 2 aromatic carbocycles. The normalized spacial score (nSPS) is 15.8. The van der Waals surface area contributed by atoms with E-state index in [1.807, 2.05) is 0 Å². The van der Waals surface area contributed by atoms with Crippen molar-refractivity contribution in [3.8, 4) is 0 Å². The Morgan fingerprint density at radius 1 is 0.889 bits per heavy atom. The van der Waals surface area contributed by atoms with Gasteiger partial charge in [0.2, 0.25) is 10.0 Å². The van der Waals surface area contributed by atoms with Gasteiger partial charge in [-0.25, -0.2) is 8.42 Å². The van der Waals surface area contributed by atoms with Gasteiger partial charge < -0.3 is 4.90 Å². The fourth-order valence-electron chi connectivity index (χ4n) is 2.81. The molecular weight excluding hydrogens is 543 g/mol. The number of amides is 1. The van der Waals surface area contributed by atoms with Gasteiger partial charge in [0.15, 0.2) is 0 Å². The average molecular weight is 557 g/mol. The van der Waals surface area contributed by atoms with Crippen LogP contribution in [0.15, 0.2) is 50.2 Å². The first-order valence-electron chi connectivity index (χ1n) is 7.89. The van der Waals surface area contributed by atoms with Crippen LogP contribution >= 0.6 is 55.1 Å². The summed E-state index contributed by atoms with van der Waals surface area (Å²) in [6.07, 6.45) is 0. The number of nitrogens with zero attached hydrogens (tertiary/aromatic N) is 2. The van der Waals surface area contributed by atoms with E-state index in [2.05, 4.69) is 31.9 Å². The van der Waals surface area contributed by atoms with Crippen molar-refractivity contribution in [2.75, 3.05) is 26.2 Å². The van der Waals surface area contributed by atoms with Crippen molar-refractivity contribution in [3.63, 3.8) is 0 Å². The minimum atomic E-state index is -3.86. The van der Waals surface area contributed by atoms with Gasteiger partial charge in [0.05, 0.1) is 10.0 Å². The molecule has 0 saturated carbocycles. The number of carbonyl (C=O) groups is 1. The Morgan fingerprint density at radius 3 is 1.93 bits per heavy atom. The van der Waals surface area contributed by atoms with Crippen LogP contribution in [0.1, 0.15) is 10.4 Å². The minimum absolute atomic E-state index is 0.0581. The number of hydrogen-bond acceptors (Lipinski definition) is 3. The molecular formula is C17H14Br2Cl2N2O3S. The number of carbonyl (C=O) groups excluding carboxylic acids is 1. The van der Waals surface area contributed by atoms with Gasteiger partial charge in [-0.15, -0.1) is 0 Å². The highest BCUT2D eigenvalue weighted by Crippen LogP contribution is 2.35. The Hall–Kier alpha value is -0.640. The number of benzene rings is 2. The van der Waals surface area contributed by atoms with Crippen LogP contribution < -0.4 is 0 Å². The van der Waals surface area contributed by atoms with Crippen LogP contribution in [0.3, 0.4) is 0 Å². The van der Waals surface area contributed by atoms with Crippen molar-refractivity contribution in [1.82, 2.24) is 9.21 Å². The second-order valence-electron chi connectivity index (χ2n) is 5.90. The molecule has 0 unspecified atom stereocenters. The summed E-state index contributed by atoms with van der Waals surface area (Å²) < 4.78 is 28.7. The lowest BCUT2D eigenvalue weighted by atomic mass is 10.2. The zero-order chi connectivity index (χ0) is 19.8. The SMILES string of the molecule is O=C(c1ccc(Br)cc1)N1CCN(S(=O)(=O)c2c(Cl)cc(Br)cc2Cl)CC1. The van der Waals surface area contributed by atoms with Gasteiger partial charge >= 0.3 is 0 Å². The Balaban J connectivity index is 1.75. The number of sulfonamides is 1. The van der Waals surface area contributed by atoms with Crippen molar-refractivity contribution in [2.24, 2.45) is 0 Å². The fraction of sp³-hybridized carbons (Fsp3) is 0.235. The lowest BCUT2D eigenvalue weighted by molar-refractivity contribution is 0.0698. The molecule has 10 heteroatoms. The van der Waals surface area contributed by atoms with E-state index in [4.69, 9.17) is 23.2 Å². The van der Waals surface area contributed by atoms with Crippen LogP contribution in [0.25, 0.3) is 0 Å². The zero-order valence-electron chi connectivity index (χ0n) is 13.8. The van der Waals surface area contributed by atoms with Crippen molar-refractivity contribution in [1.29, 1.82) is 0 Å². The first kappa shape index (κ1) is 21.1. The fourth-order valence-corrected chi connectivity index (χ4v) is 6.38. The molecule has 0 bridgehead atoms. The summed E-state index contributed by atoms with van der Waals surface area (Å²) in [7, 11) is -3.86. The number of rotatable bonds is 3. The summed E-state index contributed by atoms with van der Waals surface area (Å²) in [5.41, 5.74) is 0.563. The molecule has 144 valence electrons. The molecule has 0 atom stereocenters. The molecule has 0 aliphatic carbocycles. The van der Waals surface area contributed by atoms with Crippen LogP contribution in [0, 0.1) is 0 Å². The molecule has 0 radical (unpaired) electrons. The molecule has 1 amide bonds. The molecule has 5 nitrogen and oxygen atoms in total. The average Bonchev–Trinajstić information content (AvgIpc) is 2.61. The van der Waals surface area contributed by atoms with E-state index in [-0.39, 0.29) is 33.9 Å². The summed E-state index contributed by atoms with van der Waals surface area (Å²) in [5.74, 6) is -0.126. The Kier molecular flexibility index (Phi) is 6.55. The molecule has 0 spiro atoms. The molecule has 1 fully saturated rings. The number of piperazine rings is 1. The van der Waals surface area contributed by atoms with Crippen LogP contribution in [0.2, 0.25) is 10.0 Å². The minimum Gasteiger partial charge on any atom is -0.336 e. The third-order valence-corrected chi connectivity index (χ3v) is 7.99. The highest BCUT2D eigenvalue weighted by Gasteiger charge is 2.33. The maximum atomic E-state index is 13.0. The van der Waals surface area contributed by atoms with Crippen LogP contribution in [0.5, 0.6) is 0 Å². The topological polar surface area (TPSA) is 57.7 Å². The molecule has 2 aromatic rings. The Morgan fingerprint density at radius 2 is 1.41 bits per heavy atom. The van der Waals surface area contributed by atoms with E-state index in [0.29, 0.717) is 23.1 Å². The largest absolute Gasteiger partial charge is 0.336 e. The predicted molar refractivity (Wildman–Crippen MR) is 113 cm³/mol. The highest BCUT2D eigenvalue weighted by atomic mass is 79.9. The number of halogens is 4. The van der Waals surface area contributed by atoms with Gasteiger partial charge in [0.1, 0.15) is 4.90 Å². The molecule has 27 heavy (non-hydrogen) atoms. The molecule has 1 heterocycles. The molecule has 0 aromatic heterocycles. The first-order chi connectivity index (χ1) is 12.7. The van der Waals surface area contributed by atoms with Gasteiger partial charge in [-0.1, -0.05) is 55.1 Å². The summed E-state index contributed by atoms with van der Waals surface area (Å²) in [6, 6.07) is 10.0. The smallest absolute Gasteiger partial charge is 0.253 e. The Bertz CT molecular complexity index is 953. The van der Waals surface area contributed by atoms with Crippen molar-refractivity contribution in [3.05, 3.63) is 61.0 Å². The lowest BCUT2D eigenvalue weighted by Gasteiger charge is -2.34. The maximum absolute atomic E-state index is 13.0. The van der Waals surface area contributed by atoms with Crippen molar-refractivity contribution in [2.45, 2.75) is 4.90 Å². The highest BCUT2D eigenvalue weighted by molar-refractivity contribution is 9.10. The van der Waals surface area contributed by atoms with Crippen LogP contribution in [-0.4, -0.2) is 49.7 Å². The number of hydrogen-bond donors (Lipinski definition) is 0. The second-order valence-corrected chi connectivity index (χ2v) is 10.4. The summed E-state index contributed by atoms with van der Waals surface area (Å²) in [6.45, 7) is 0.931. The van der Waals surface area contributed by atoms with E-state index in [1.165, 1.54) is 16.4 Å². The van der Waals surface area contributed by atoms with E-state index < -0.39 is 10.0 Å². The molecule has 1 saturated heterocycles. The molecule has 1 aliphatic rings. The monoisotopic (exact) mass is 554 g/mol. The van der Waals surface area contributed by atoms with Gasteiger partial charge in [0.25, 0.3) is 5.91 Å². The first-order valence-corrected chi connectivity index (χ1v) is 11.7. The van der Waals surface area contributed by atoms with Gasteiger partial charge in [0, 0.05) is 40.7 Å². The van der Waals surface area contributed by atoms with E-state index >= 15 is 0 Å². The van der Waals surface area contributed by atoms with Gasteiger partial charge in [-0.3, -0.25) is 4.79 Å². The summed E-state index contributed by atoms with van der Waals surface area (Å²) >= 11 is 18.8. The van der Waals surface area contributed by atoms with Crippen molar-refractivity contribution < 1.29 is 13.2 Å². The zero-order valence-corrected chi connectivity index (χ0v) is 19.3. The molecule has 3 rings (SSSR count).